The van der Waals surface area contributed by atoms with Crippen LogP contribution in [-0.4, -0.2) is 153 Å². The van der Waals surface area contributed by atoms with Crippen molar-refractivity contribution in [3.8, 4) is 0 Å². The highest BCUT2D eigenvalue weighted by atomic mass is 31.2. The lowest BCUT2D eigenvalue weighted by molar-refractivity contribution is -0.129. The lowest BCUT2D eigenvalue weighted by Gasteiger charge is -2.20. The van der Waals surface area contributed by atoms with E-state index in [-0.39, 0.29) is 80.1 Å². The van der Waals surface area contributed by atoms with Crippen LogP contribution in [0.2, 0.25) is 0 Å². The Labute approximate surface area is 550 Å². The van der Waals surface area contributed by atoms with E-state index in [0.29, 0.717) is 179 Å². The Kier molecular flexibility index (Phi) is 55.8. The number of carbonyl (C=O) groups is 11. The molecule has 0 aliphatic rings. The molecule has 0 aromatic carbocycles. The van der Waals surface area contributed by atoms with Gasteiger partial charge in [0.05, 0.1) is 0 Å². The predicted octanol–water partition coefficient (Wildman–Crippen LogP) is 6.65. The van der Waals surface area contributed by atoms with Gasteiger partial charge < -0.3 is 67.9 Å². The molecule has 0 saturated carbocycles. The summed E-state index contributed by atoms with van der Waals surface area (Å²) < 4.78 is 19.9. The van der Waals surface area contributed by atoms with Gasteiger partial charge in [0.15, 0.2) is 16.6 Å². The molecule has 0 rings (SSSR count). The van der Waals surface area contributed by atoms with Crippen molar-refractivity contribution in [2.45, 2.75) is 232 Å². The molecule has 7 unspecified atom stereocenters. The SMILES string of the molecule is CCCP(N)OC(=O)NCCCCCC(=O)NC(CCCCNC(=O)C(CCCCNC(=O)C(CCCCNC(=O)CCCCCNC(=O)P(CCC)ON)NC(=O)CCCCCNC(=O)P(CCC)ON)NC(=O)CCCCCNC(=O)OP(N)CCC)C(N)=O. The molecule has 0 heterocycles. The first-order valence-electron chi connectivity index (χ1n) is 33.0. The van der Waals surface area contributed by atoms with Crippen LogP contribution in [0.3, 0.4) is 0 Å². The summed E-state index contributed by atoms with van der Waals surface area (Å²) in [4.78, 5) is 140. The summed E-state index contributed by atoms with van der Waals surface area (Å²) in [5.74, 6) is 7.94. The fourth-order valence-electron chi connectivity index (χ4n) is 8.95. The van der Waals surface area contributed by atoms with Crippen molar-refractivity contribution in [3.05, 3.63) is 0 Å². The van der Waals surface area contributed by atoms with Crippen LogP contribution in [0.1, 0.15) is 214 Å². The molecular formula is C58H115N15O15P4. The van der Waals surface area contributed by atoms with Gasteiger partial charge in [0.25, 0.3) is 11.3 Å². The Bertz CT molecular complexity index is 2100. The maximum absolute atomic E-state index is 13.7. The maximum Gasteiger partial charge on any atom is 0.411 e. The quantitative estimate of drug-likeness (QED) is 0.0172. The standard InChI is InChI=1S/C58H115N15O15P4/c1-5-41-89(87-60)57(83)69-39-22-9-13-30-48(74)64-34-24-18-28-46(72-51(77)33-16-12-23-40-70-58(84)90(88-61)42-6-2)53(79)66-36-26-19-29-47(73-50(76)32-15-11-21-38-68-56(82)86-92(63)44-8-4)54(80)65-35-25-17-27-45(52(59)78)71-49(75)31-14-10-20-37-67-55(81)85-91(62)43-7-3/h45-47H,5-44,60-63H2,1-4H3,(H2,59,78)(H,64,74)(H,65,80)(H,66,79)(H,67,81)(H,68,82)(H,69,83)(H,70,84)(H,71,75)(H,72,77)(H,73,76). The summed E-state index contributed by atoms with van der Waals surface area (Å²) in [6.07, 6.45) is 16.0. The number of hydrogen-bond acceptors (Lipinski definition) is 19. The summed E-state index contributed by atoms with van der Waals surface area (Å²) in [7, 11) is -5.40. The maximum atomic E-state index is 13.7. The van der Waals surface area contributed by atoms with E-state index in [1.54, 1.807) is 0 Å². The smallest absolute Gasteiger partial charge is 0.411 e. The van der Waals surface area contributed by atoms with Crippen molar-refractivity contribution >= 4 is 97.7 Å². The Morgan fingerprint density at radius 3 is 0.978 bits per heavy atom. The first-order chi connectivity index (χ1) is 44.2. The number of hydrogen-bond donors (Lipinski definition) is 15. The minimum absolute atomic E-state index is 0.112. The molecule has 11 amide bonds. The largest absolute Gasteiger partial charge is 0.413 e. The van der Waals surface area contributed by atoms with Crippen LogP contribution in [0.15, 0.2) is 0 Å². The van der Waals surface area contributed by atoms with Gasteiger partial charge in [0.1, 0.15) is 34.4 Å². The van der Waals surface area contributed by atoms with E-state index in [1.807, 2.05) is 27.7 Å². The molecule has 0 radical (unpaired) electrons. The van der Waals surface area contributed by atoms with Gasteiger partial charge in [-0.25, -0.2) is 21.4 Å². The number of nitrogens with one attached hydrogen (secondary N) is 10. The fourth-order valence-corrected chi connectivity index (χ4v) is 12.8. The lowest BCUT2D eigenvalue weighted by atomic mass is 10.1. The second kappa shape index (κ2) is 58.8. The van der Waals surface area contributed by atoms with Crippen molar-refractivity contribution in [2.24, 2.45) is 28.5 Å². The van der Waals surface area contributed by atoms with Crippen molar-refractivity contribution in [1.82, 2.24) is 53.2 Å². The van der Waals surface area contributed by atoms with Crippen molar-refractivity contribution in [2.75, 3.05) is 70.5 Å². The molecule has 20 N–H and O–H groups in total. The first kappa shape index (κ1) is 87.2. The summed E-state index contributed by atoms with van der Waals surface area (Å²) in [5, 5.41) is 28.1. The van der Waals surface area contributed by atoms with Crippen LogP contribution in [0, 0.1) is 0 Å². The van der Waals surface area contributed by atoms with Gasteiger partial charge in [0.2, 0.25) is 41.4 Å². The minimum Gasteiger partial charge on any atom is -0.413 e. The molecule has 0 spiro atoms. The zero-order valence-corrected chi connectivity index (χ0v) is 58.9. The van der Waals surface area contributed by atoms with Crippen molar-refractivity contribution in [1.29, 1.82) is 0 Å². The Morgan fingerprint density at radius 2 is 0.641 bits per heavy atom. The van der Waals surface area contributed by atoms with E-state index in [2.05, 4.69) is 53.2 Å². The third-order valence-electron chi connectivity index (χ3n) is 13.9. The lowest BCUT2D eigenvalue weighted by Crippen LogP contribution is -2.47. The van der Waals surface area contributed by atoms with Gasteiger partial charge in [-0.3, -0.25) is 63.4 Å². The summed E-state index contributed by atoms with van der Waals surface area (Å²) in [5.41, 5.74) is 16.8. The van der Waals surface area contributed by atoms with Crippen LogP contribution in [0.5, 0.6) is 0 Å². The Morgan fingerprint density at radius 1 is 0.348 bits per heavy atom. The number of primary amides is 1. The van der Waals surface area contributed by atoms with Crippen molar-refractivity contribution in [3.63, 3.8) is 0 Å². The van der Waals surface area contributed by atoms with E-state index in [1.165, 1.54) is 0 Å². The highest BCUT2D eigenvalue weighted by molar-refractivity contribution is 7.70. The molecule has 0 bridgehead atoms. The van der Waals surface area contributed by atoms with E-state index in [0.717, 1.165) is 32.1 Å². The number of carbonyl (C=O) groups excluding carboxylic acids is 11. The van der Waals surface area contributed by atoms with Crippen LogP contribution in [0.4, 0.5) is 19.2 Å². The topological polar surface area (TPSA) is 475 Å². The molecule has 0 saturated heterocycles. The second-order valence-electron chi connectivity index (χ2n) is 22.2. The summed E-state index contributed by atoms with van der Waals surface area (Å²) in [6, 6.07) is -2.71. The van der Waals surface area contributed by atoms with Crippen LogP contribution in [0.25, 0.3) is 0 Å². The van der Waals surface area contributed by atoms with Crippen molar-refractivity contribution < 1.29 is 71.0 Å². The molecule has 30 nitrogen and oxygen atoms in total. The van der Waals surface area contributed by atoms with Gasteiger partial charge in [-0.1, -0.05) is 53.4 Å². The Balaban J connectivity index is 5.57. The van der Waals surface area contributed by atoms with E-state index < -0.39 is 80.9 Å². The van der Waals surface area contributed by atoms with E-state index >= 15 is 0 Å². The number of nitrogens with two attached hydrogens (primary N) is 5. The molecule has 92 heavy (non-hydrogen) atoms. The normalized spacial score (nSPS) is 13.3. The van der Waals surface area contributed by atoms with Gasteiger partial charge in [0, 0.05) is 96.1 Å². The average molecular weight is 1390 g/mol. The monoisotopic (exact) mass is 1390 g/mol. The third-order valence-corrected chi connectivity index (χ3v) is 19.9. The average Bonchev–Trinajstić information content (AvgIpc) is 3.68. The van der Waals surface area contributed by atoms with Crippen LogP contribution >= 0.6 is 32.9 Å². The zero-order valence-electron chi connectivity index (χ0n) is 55.3. The van der Waals surface area contributed by atoms with Gasteiger partial charge >= 0.3 is 12.2 Å². The number of amides is 11. The summed E-state index contributed by atoms with van der Waals surface area (Å²) >= 11 is 0. The van der Waals surface area contributed by atoms with E-state index in [4.69, 9.17) is 46.8 Å². The zero-order chi connectivity index (χ0) is 68.6. The van der Waals surface area contributed by atoms with Gasteiger partial charge in [-0.2, -0.15) is 0 Å². The second-order valence-corrected chi connectivity index (χ2v) is 28.8. The third kappa shape index (κ3) is 48.9. The molecule has 0 aromatic rings. The predicted molar refractivity (Wildman–Crippen MR) is 362 cm³/mol. The molecule has 34 heteroatoms. The van der Waals surface area contributed by atoms with E-state index in [9.17, 15) is 52.7 Å². The van der Waals surface area contributed by atoms with Crippen LogP contribution < -0.4 is 81.7 Å². The molecule has 0 fully saturated rings. The molecule has 0 aliphatic carbocycles. The van der Waals surface area contributed by atoms with Gasteiger partial charge in [-0.05, 0) is 135 Å². The molecule has 532 valence electrons. The van der Waals surface area contributed by atoms with Crippen LogP contribution in [-0.2, 0) is 51.9 Å². The first-order valence-corrected chi connectivity index (χ1v) is 39.0. The van der Waals surface area contributed by atoms with Gasteiger partial charge in [-0.15, -0.1) is 0 Å². The number of rotatable bonds is 59. The highest BCUT2D eigenvalue weighted by Gasteiger charge is 2.24. The molecule has 0 aromatic heterocycles. The fraction of sp³-hybridized carbons (Fsp3) is 0.810. The minimum atomic E-state index is -1.41. The molecule has 7 atom stereocenters. The number of unbranched alkanes of at least 4 members (excludes halogenated alkanes) is 11. The Hall–Kier alpha value is -4.75. The summed E-state index contributed by atoms with van der Waals surface area (Å²) in [6.45, 7) is 10.1. The molecular weight excluding hydrogens is 1270 g/mol. The highest BCUT2D eigenvalue weighted by Crippen LogP contribution is 2.36. The molecule has 0 aliphatic heterocycles.